The zero-order valence-electron chi connectivity index (χ0n) is 12.5. The van der Waals surface area contributed by atoms with E-state index in [9.17, 15) is 14.9 Å². The summed E-state index contributed by atoms with van der Waals surface area (Å²) in [6.45, 7) is 7.78. The maximum Gasteiger partial charge on any atom is 0.428 e. The van der Waals surface area contributed by atoms with Crippen molar-refractivity contribution in [1.29, 1.82) is 0 Å². The number of carbonyl (C=O) groups is 1. The highest BCUT2D eigenvalue weighted by molar-refractivity contribution is 5.87. The molecule has 0 fully saturated rings. The van der Waals surface area contributed by atoms with Crippen LogP contribution in [-0.2, 0) is 11.3 Å². The van der Waals surface area contributed by atoms with E-state index in [0.717, 1.165) is 5.71 Å². The second kappa shape index (κ2) is 6.83. The van der Waals surface area contributed by atoms with Gasteiger partial charge in [-0.15, -0.1) is 0 Å². The fraction of sp³-hybridized carbons (Fsp3) is 0.429. The van der Waals surface area contributed by atoms with Crippen molar-refractivity contribution in [1.82, 2.24) is 5.43 Å². The van der Waals surface area contributed by atoms with E-state index >= 15 is 0 Å². The lowest BCUT2D eigenvalue weighted by atomic mass is 9.91. The van der Waals surface area contributed by atoms with Crippen molar-refractivity contribution in [2.24, 2.45) is 10.5 Å². The fourth-order valence-corrected chi connectivity index (χ4v) is 1.19. The molecule has 0 radical (unpaired) electrons. The number of hydrogen-bond acceptors (Lipinski definition) is 5. The van der Waals surface area contributed by atoms with Gasteiger partial charge in [0.05, 0.1) is 4.92 Å². The van der Waals surface area contributed by atoms with Crippen molar-refractivity contribution in [3.05, 3.63) is 39.9 Å². The minimum atomic E-state index is -0.669. The smallest absolute Gasteiger partial charge is 0.428 e. The summed E-state index contributed by atoms with van der Waals surface area (Å²) in [4.78, 5) is 21.5. The van der Waals surface area contributed by atoms with Crippen LogP contribution in [0.5, 0.6) is 0 Å². The monoisotopic (exact) mass is 293 g/mol. The molecular weight excluding hydrogens is 274 g/mol. The van der Waals surface area contributed by atoms with Gasteiger partial charge in [-0.05, 0) is 24.6 Å². The van der Waals surface area contributed by atoms with Crippen LogP contribution in [-0.4, -0.2) is 16.7 Å². The van der Waals surface area contributed by atoms with Crippen LogP contribution in [0.15, 0.2) is 29.4 Å². The average Bonchev–Trinajstić information content (AvgIpc) is 2.41. The number of amides is 1. The van der Waals surface area contributed by atoms with Gasteiger partial charge in [0.2, 0.25) is 0 Å². The molecule has 1 aromatic carbocycles. The number of hydrogen-bond donors (Lipinski definition) is 1. The molecule has 1 N–H and O–H groups in total. The van der Waals surface area contributed by atoms with Gasteiger partial charge in [-0.3, -0.25) is 10.1 Å². The highest BCUT2D eigenvalue weighted by Crippen LogP contribution is 2.15. The van der Waals surface area contributed by atoms with E-state index in [1.54, 1.807) is 0 Å². The first-order valence-electron chi connectivity index (χ1n) is 6.41. The lowest BCUT2D eigenvalue weighted by Gasteiger charge is -2.17. The summed E-state index contributed by atoms with van der Waals surface area (Å²) in [5.74, 6) is 0. The van der Waals surface area contributed by atoms with Crippen molar-refractivity contribution >= 4 is 17.5 Å². The van der Waals surface area contributed by atoms with Crippen LogP contribution in [0.25, 0.3) is 0 Å². The first-order chi connectivity index (χ1) is 9.70. The van der Waals surface area contributed by atoms with Crippen LogP contribution in [0.3, 0.4) is 0 Å². The Morgan fingerprint density at radius 3 is 2.38 bits per heavy atom. The average molecular weight is 293 g/mol. The largest absolute Gasteiger partial charge is 0.443 e. The van der Waals surface area contributed by atoms with Gasteiger partial charge in [0.25, 0.3) is 5.69 Å². The molecule has 114 valence electrons. The predicted molar refractivity (Wildman–Crippen MR) is 79.0 cm³/mol. The molecule has 1 aromatic rings. The number of non-ortho nitro benzene ring substituents is 1. The van der Waals surface area contributed by atoms with Gasteiger partial charge in [-0.25, -0.2) is 10.2 Å². The number of nitrogens with zero attached hydrogens (tertiary/aromatic N) is 2. The number of hydrazone groups is 1. The molecular formula is C14H19N3O4. The van der Waals surface area contributed by atoms with E-state index in [-0.39, 0.29) is 17.7 Å². The maximum atomic E-state index is 11.5. The minimum absolute atomic E-state index is 0.00592. The first kappa shape index (κ1) is 16.6. The molecule has 0 aliphatic heterocycles. The Kier molecular flexibility index (Phi) is 5.40. The summed E-state index contributed by atoms with van der Waals surface area (Å²) < 4.78 is 4.96. The van der Waals surface area contributed by atoms with Gasteiger partial charge in [0.1, 0.15) is 6.61 Å². The Balaban J connectivity index is 2.48. The van der Waals surface area contributed by atoms with Gasteiger partial charge in [0, 0.05) is 23.3 Å². The topological polar surface area (TPSA) is 93.8 Å². The Bertz CT molecular complexity index is 544. The molecule has 0 aliphatic carbocycles. The molecule has 0 spiro atoms. The SMILES string of the molecule is C/C(=N/NC(=O)OCc1ccc([N+](=O)[O-])cc1)C(C)(C)C. The number of nitrogens with one attached hydrogen (secondary N) is 1. The van der Waals surface area contributed by atoms with E-state index in [1.807, 2.05) is 27.7 Å². The number of rotatable bonds is 4. The molecule has 0 atom stereocenters. The van der Waals surface area contributed by atoms with E-state index in [0.29, 0.717) is 5.56 Å². The van der Waals surface area contributed by atoms with Gasteiger partial charge < -0.3 is 4.74 Å². The molecule has 0 aliphatic rings. The lowest BCUT2D eigenvalue weighted by molar-refractivity contribution is -0.384. The number of benzene rings is 1. The van der Waals surface area contributed by atoms with Crippen LogP contribution >= 0.6 is 0 Å². The molecule has 7 heteroatoms. The summed E-state index contributed by atoms with van der Waals surface area (Å²) in [5.41, 5.74) is 3.60. The maximum absolute atomic E-state index is 11.5. The molecule has 1 rings (SSSR count). The number of ether oxygens (including phenoxy) is 1. The van der Waals surface area contributed by atoms with Crippen molar-refractivity contribution in [3.63, 3.8) is 0 Å². The molecule has 0 saturated carbocycles. The van der Waals surface area contributed by atoms with Crippen LogP contribution in [0.2, 0.25) is 0 Å². The molecule has 1 amide bonds. The second-order valence-electron chi connectivity index (χ2n) is 5.56. The molecule has 0 aromatic heterocycles. The van der Waals surface area contributed by atoms with Crippen LogP contribution < -0.4 is 5.43 Å². The van der Waals surface area contributed by atoms with E-state index in [1.165, 1.54) is 24.3 Å². The first-order valence-corrected chi connectivity index (χ1v) is 6.41. The molecule has 21 heavy (non-hydrogen) atoms. The Labute approximate surface area is 123 Å². The van der Waals surface area contributed by atoms with Crippen molar-refractivity contribution < 1.29 is 14.5 Å². The summed E-state index contributed by atoms with van der Waals surface area (Å²) in [6.07, 6.45) is -0.669. The number of carbonyl (C=O) groups excluding carboxylic acids is 1. The Morgan fingerprint density at radius 2 is 1.90 bits per heavy atom. The Morgan fingerprint density at radius 1 is 1.33 bits per heavy atom. The van der Waals surface area contributed by atoms with Gasteiger partial charge in [0.15, 0.2) is 0 Å². The quantitative estimate of drug-likeness (QED) is 0.524. The second-order valence-corrected chi connectivity index (χ2v) is 5.56. The van der Waals surface area contributed by atoms with Crippen LogP contribution in [0.1, 0.15) is 33.3 Å². The third kappa shape index (κ3) is 5.60. The molecule has 0 heterocycles. The third-order valence-electron chi connectivity index (χ3n) is 2.92. The van der Waals surface area contributed by atoms with Crippen molar-refractivity contribution in [2.45, 2.75) is 34.3 Å². The summed E-state index contributed by atoms with van der Waals surface area (Å²) in [7, 11) is 0. The standard InChI is InChI=1S/C14H19N3O4/c1-10(14(2,3)4)15-16-13(18)21-9-11-5-7-12(8-6-11)17(19)20/h5-8H,9H2,1-4H3,(H,16,18)/b15-10-. The molecule has 0 bridgehead atoms. The summed E-state index contributed by atoms with van der Waals surface area (Å²) in [5, 5.41) is 14.5. The minimum Gasteiger partial charge on any atom is -0.443 e. The zero-order chi connectivity index (χ0) is 16.0. The van der Waals surface area contributed by atoms with Crippen LogP contribution in [0, 0.1) is 15.5 Å². The summed E-state index contributed by atoms with van der Waals surface area (Å²) in [6, 6.07) is 5.79. The van der Waals surface area contributed by atoms with Crippen molar-refractivity contribution in [3.8, 4) is 0 Å². The van der Waals surface area contributed by atoms with Gasteiger partial charge in [-0.1, -0.05) is 20.8 Å². The van der Waals surface area contributed by atoms with E-state index in [4.69, 9.17) is 4.74 Å². The van der Waals surface area contributed by atoms with Crippen molar-refractivity contribution in [2.75, 3.05) is 0 Å². The highest BCUT2D eigenvalue weighted by atomic mass is 16.6. The number of nitro groups is 1. The fourth-order valence-electron chi connectivity index (χ4n) is 1.19. The van der Waals surface area contributed by atoms with Crippen LogP contribution in [0.4, 0.5) is 10.5 Å². The van der Waals surface area contributed by atoms with E-state index in [2.05, 4.69) is 10.5 Å². The molecule has 0 saturated heterocycles. The van der Waals surface area contributed by atoms with Gasteiger partial charge >= 0.3 is 6.09 Å². The predicted octanol–water partition coefficient (Wildman–Crippen LogP) is 3.24. The normalized spacial score (nSPS) is 11.9. The Hall–Kier alpha value is -2.44. The highest BCUT2D eigenvalue weighted by Gasteiger charge is 2.14. The molecule has 7 nitrogen and oxygen atoms in total. The zero-order valence-corrected chi connectivity index (χ0v) is 12.5. The van der Waals surface area contributed by atoms with Gasteiger partial charge in [-0.2, -0.15) is 5.10 Å². The van der Waals surface area contributed by atoms with E-state index < -0.39 is 11.0 Å². The number of nitro benzene ring substituents is 1. The third-order valence-corrected chi connectivity index (χ3v) is 2.92. The lowest BCUT2D eigenvalue weighted by Crippen LogP contribution is -2.25. The molecule has 0 unspecified atom stereocenters. The summed E-state index contributed by atoms with van der Waals surface area (Å²) >= 11 is 0.